The molecule has 2 heterocycles. The Hall–Kier alpha value is -1.94. The van der Waals surface area contributed by atoms with Crippen LogP contribution in [0.1, 0.15) is 11.5 Å². The summed E-state index contributed by atoms with van der Waals surface area (Å²) in [5.41, 5.74) is 2.01. The van der Waals surface area contributed by atoms with Crippen molar-refractivity contribution in [3.63, 3.8) is 0 Å². The number of hydrogen-bond acceptors (Lipinski definition) is 4. The summed E-state index contributed by atoms with van der Waals surface area (Å²) in [4.78, 5) is 4.24. The molecule has 1 aromatic carbocycles. The van der Waals surface area contributed by atoms with Crippen LogP contribution < -0.4 is 0 Å². The average molecular weight is 246 g/mol. The van der Waals surface area contributed by atoms with Gasteiger partial charge in [0.1, 0.15) is 0 Å². The lowest BCUT2D eigenvalue weighted by atomic mass is 10.1. The molecule has 0 atom stereocenters. The van der Waals surface area contributed by atoms with Gasteiger partial charge in [-0.25, -0.2) is 0 Å². The van der Waals surface area contributed by atoms with Crippen molar-refractivity contribution >= 4 is 22.5 Å². The van der Waals surface area contributed by atoms with Crippen LogP contribution in [0, 0.1) is 0 Å². The van der Waals surface area contributed by atoms with E-state index in [0.717, 1.165) is 16.5 Å². The van der Waals surface area contributed by atoms with Crippen molar-refractivity contribution < 1.29 is 4.42 Å². The molecule has 84 valence electrons. The molecule has 3 aromatic rings. The SMILES string of the molecule is Clc1cnc2ccc(Cc3nnco3)cc2c1. The first kappa shape index (κ1) is 10.2. The van der Waals surface area contributed by atoms with E-state index in [1.54, 1.807) is 6.20 Å². The number of nitrogens with zero attached hydrogens (tertiary/aromatic N) is 3. The second-order valence-electron chi connectivity index (χ2n) is 3.69. The average Bonchev–Trinajstić information content (AvgIpc) is 2.81. The Morgan fingerprint density at radius 3 is 3.00 bits per heavy atom. The number of benzene rings is 1. The second kappa shape index (κ2) is 4.14. The third-order valence-electron chi connectivity index (χ3n) is 2.47. The van der Waals surface area contributed by atoms with Crippen LogP contribution in [0.5, 0.6) is 0 Å². The van der Waals surface area contributed by atoms with Gasteiger partial charge in [-0.1, -0.05) is 17.7 Å². The molecule has 0 fully saturated rings. The van der Waals surface area contributed by atoms with E-state index in [-0.39, 0.29) is 0 Å². The predicted octanol–water partition coefficient (Wildman–Crippen LogP) is 2.86. The van der Waals surface area contributed by atoms with E-state index in [4.69, 9.17) is 16.0 Å². The Morgan fingerprint density at radius 1 is 1.24 bits per heavy atom. The lowest BCUT2D eigenvalue weighted by Crippen LogP contribution is -1.89. The first-order valence-electron chi connectivity index (χ1n) is 5.10. The van der Waals surface area contributed by atoms with Gasteiger partial charge in [0.05, 0.1) is 17.0 Å². The minimum atomic E-state index is 0.597. The summed E-state index contributed by atoms with van der Waals surface area (Å²) in [7, 11) is 0. The van der Waals surface area contributed by atoms with Gasteiger partial charge in [0.2, 0.25) is 12.3 Å². The summed E-state index contributed by atoms with van der Waals surface area (Å²) in [6.45, 7) is 0. The summed E-state index contributed by atoms with van der Waals surface area (Å²) >= 11 is 5.91. The highest BCUT2D eigenvalue weighted by Crippen LogP contribution is 2.19. The summed E-state index contributed by atoms with van der Waals surface area (Å²) in [5.74, 6) is 0.597. The molecule has 0 aliphatic heterocycles. The summed E-state index contributed by atoms with van der Waals surface area (Å²) in [6.07, 6.45) is 3.58. The molecule has 0 aliphatic carbocycles. The van der Waals surface area contributed by atoms with Crippen molar-refractivity contribution in [3.05, 3.63) is 53.3 Å². The van der Waals surface area contributed by atoms with E-state index in [2.05, 4.69) is 15.2 Å². The lowest BCUT2D eigenvalue weighted by Gasteiger charge is -2.01. The van der Waals surface area contributed by atoms with Crippen molar-refractivity contribution in [1.82, 2.24) is 15.2 Å². The zero-order valence-corrected chi connectivity index (χ0v) is 9.55. The van der Waals surface area contributed by atoms with Gasteiger partial charge in [0.15, 0.2) is 0 Å². The summed E-state index contributed by atoms with van der Waals surface area (Å²) in [5, 5.41) is 9.14. The van der Waals surface area contributed by atoms with E-state index in [1.807, 2.05) is 24.3 Å². The zero-order chi connectivity index (χ0) is 11.7. The third-order valence-corrected chi connectivity index (χ3v) is 2.68. The summed E-state index contributed by atoms with van der Waals surface area (Å²) < 4.78 is 5.11. The fraction of sp³-hybridized carbons (Fsp3) is 0.0833. The largest absolute Gasteiger partial charge is 0.428 e. The van der Waals surface area contributed by atoms with Crippen LogP contribution >= 0.6 is 11.6 Å². The van der Waals surface area contributed by atoms with Crippen LogP contribution in [0.2, 0.25) is 5.02 Å². The maximum absolute atomic E-state index is 5.91. The fourth-order valence-electron chi connectivity index (χ4n) is 1.71. The smallest absolute Gasteiger partial charge is 0.220 e. The molecular formula is C12H8ClN3O. The van der Waals surface area contributed by atoms with Gasteiger partial charge in [-0.3, -0.25) is 4.98 Å². The number of pyridine rings is 1. The standard InChI is InChI=1S/C12H8ClN3O/c13-10-5-9-3-8(1-2-11(9)14-6-10)4-12-16-15-7-17-12/h1-3,5-7H,4H2. The molecule has 4 nitrogen and oxygen atoms in total. The lowest BCUT2D eigenvalue weighted by molar-refractivity contribution is 0.505. The maximum atomic E-state index is 5.91. The van der Waals surface area contributed by atoms with Gasteiger partial charge < -0.3 is 4.42 Å². The monoisotopic (exact) mass is 245 g/mol. The van der Waals surface area contributed by atoms with Gasteiger partial charge in [-0.05, 0) is 23.8 Å². The molecule has 3 rings (SSSR count). The molecule has 0 spiro atoms. The molecule has 0 unspecified atom stereocenters. The van der Waals surface area contributed by atoms with E-state index in [0.29, 0.717) is 17.3 Å². The Labute approximate surface area is 102 Å². The molecule has 0 radical (unpaired) electrons. The van der Waals surface area contributed by atoms with Crippen LogP contribution in [0.3, 0.4) is 0 Å². The highest BCUT2D eigenvalue weighted by Gasteiger charge is 2.03. The Balaban J connectivity index is 2.01. The maximum Gasteiger partial charge on any atom is 0.220 e. The van der Waals surface area contributed by atoms with E-state index in [9.17, 15) is 0 Å². The zero-order valence-electron chi connectivity index (χ0n) is 8.80. The Kier molecular flexibility index (Phi) is 2.49. The Morgan fingerprint density at radius 2 is 2.18 bits per heavy atom. The first-order valence-corrected chi connectivity index (χ1v) is 5.48. The molecule has 2 aromatic heterocycles. The number of fused-ring (bicyclic) bond motifs is 1. The quantitative estimate of drug-likeness (QED) is 0.697. The van der Waals surface area contributed by atoms with Crippen LogP contribution in [-0.4, -0.2) is 15.2 Å². The molecule has 0 amide bonds. The van der Waals surface area contributed by atoms with Crippen molar-refractivity contribution in [3.8, 4) is 0 Å². The fourth-order valence-corrected chi connectivity index (χ4v) is 1.88. The van der Waals surface area contributed by atoms with Crippen molar-refractivity contribution in [2.75, 3.05) is 0 Å². The van der Waals surface area contributed by atoms with Crippen LogP contribution in [0.4, 0.5) is 0 Å². The first-order chi connectivity index (χ1) is 8.31. The number of rotatable bonds is 2. The van der Waals surface area contributed by atoms with Crippen LogP contribution in [-0.2, 0) is 6.42 Å². The van der Waals surface area contributed by atoms with Gasteiger partial charge in [-0.2, -0.15) is 0 Å². The Bertz CT molecular complexity index is 652. The van der Waals surface area contributed by atoms with Gasteiger partial charge in [0, 0.05) is 11.6 Å². The van der Waals surface area contributed by atoms with E-state index >= 15 is 0 Å². The normalized spacial score (nSPS) is 10.9. The molecule has 5 heteroatoms. The minimum absolute atomic E-state index is 0.597. The number of hydrogen-bond donors (Lipinski definition) is 0. The molecule has 17 heavy (non-hydrogen) atoms. The van der Waals surface area contributed by atoms with Gasteiger partial charge >= 0.3 is 0 Å². The van der Waals surface area contributed by atoms with Crippen molar-refractivity contribution in [2.45, 2.75) is 6.42 Å². The highest BCUT2D eigenvalue weighted by atomic mass is 35.5. The number of aromatic nitrogens is 3. The molecule has 0 aliphatic rings. The van der Waals surface area contributed by atoms with Gasteiger partial charge in [-0.15, -0.1) is 10.2 Å². The highest BCUT2D eigenvalue weighted by molar-refractivity contribution is 6.31. The predicted molar refractivity (Wildman–Crippen MR) is 63.9 cm³/mol. The molecule has 0 saturated carbocycles. The van der Waals surface area contributed by atoms with Crippen LogP contribution in [0.25, 0.3) is 10.9 Å². The molecule has 0 N–H and O–H groups in total. The summed E-state index contributed by atoms with van der Waals surface area (Å²) in [6, 6.07) is 7.87. The second-order valence-corrected chi connectivity index (χ2v) is 4.13. The topological polar surface area (TPSA) is 51.8 Å². The van der Waals surface area contributed by atoms with E-state index in [1.165, 1.54) is 6.39 Å². The molecule has 0 saturated heterocycles. The molecule has 0 bridgehead atoms. The van der Waals surface area contributed by atoms with Gasteiger partial charge in [0.25, 0.3) is 0 Å². The van der Waals surface area contributed by atoms with Crippen molar-refractivity contribution in [2.24, 2.45) is 0 Å². The number of halogens is 1. The molecular weight excluding hydrogens is 238 g/mol. The third kappa shape index (κ3) is 2.12. The van der Waals surface area contributed by atoms with Crippen molar-refractivity contribution in [1.29, 1.82) is 0 Å². The van der Waals surface area contributed by atoms with E-state index < -0.39 is 0 Å². The minimum Gasteiger partial charge on any atom is -0.428 e. The van der Waals surface area contributed by atoms with Crippen LogP contribution in [0.15, 0.2) is 41.3 Å².